The molecule has 0 spiro atoms. The van der Waals surface area contributed by atoms with E-state index in [0.717, 1.165) is 4.47 Å². The zero-order valence-electron chi connectivity index (χ0n) is 6.82. The lowest BCUT2D eigenvalue weighted by Gasteiger charge is -1.99. The van der Waals surface area contributed by atoms with E-state index >= 15 is 0 Å². The number of hydrogen-bond acceptors (Lipinski definition) is 4. The van der Waals surface area contributed by atoms with Crippen LogP contribution in [0.25, 0.3) is 0 Å². The summed E-state index contributed by atoms with van der Waals surface area (Å²) < 4.78 is 0.718. The maximum Gasteiger partial charge on any atom is 0.268 e. The van der Waals surface area contributed by atoms with Gasteiger partial charge in [-0.15, -0.1) is 11.3 Å². The highest BCUT2D eigenvalue weighted by atomic mass is 79.9. The predicted molar refractivity (Wildman–Crippen MR) is 56.4 cm³/mol. The van der Waals surface area contributed by atoms with E-state index in [1.807, 2.05) is 0 Å². The normalized spacial score (nSPS) is 10.1. The molecule has 7 heteroatoms. The molecule has 14 heavy (non-hydrogen) atoms. The van der Waals surface area contributed by atoms with Crippen LogP contribution in [0.4, 0.5) is 5.82 Å². The van der Waals surface area contributed by atoms with Gasteiger partial charge in [0.25, 0.3) is 5.91 Å². The molecule has 2 aromatic heterocycles. The number of H-pyrrole nitrogens is 1. The van der Waals surface area contributed by atoms with Crippen molar-refractivity contribution in [2.45, 2.75) is 0 Å². The molecule has 72 valence electrons. The second kappa shape index (κ2) is 3.89. The van der Waals surface area contributed by atoms with E-state index in [1.54, 1.807) is 11.7 Å². The van der Waals surface area contributed by atoms with Crippen LogP contribution >= 0.6 is 27.3 Å². The Hall–Kier alpha value is -1.21. The smallest absolute Gasteiger partial charge is 0.268 e. The molecule has 0 saturated carbocycles. The molecule has 0 radical (unpaired) electrons. The molecule has 0 fully saturated rings. The summed E-state index contributed by atoms with van der Waals surface area (Å²) in [4.78, 5) is 15.9. The molecular weight excluding hydrogens is 268 g/mol. The molecule has 0 atom stereocenters. The van der Waals surface area contributed by atoms with Crippen LogP contribution in [0.3, 0.4) is 0 Å². The van der Waals surface area contributed by atoms with Crippen molar-refractivity contribution in [1.29, 1.82) is 0 Å². The number of amides is 1. The molecule has 2 heterocycles. The Morgan fingerprint density at radius 1 is 1.57 bits per heavy atom. The second-order valence-electron chi connectivity index (χ2n) is 2.41. The van der Waals surface area contributed by atoms with Crippen LogP contribution in [0, 0.1) is 0 Å². The van der Waals surface area contributed by atoms with Gasteiger partial charge in [-0.25, -0.2) is 0 Å². The Morgan fingerprint density at radius 2 is 2.43 bits per heavy atom. The average molecular weight is 273 g/mol. The minimum absolute atomic E-state index is 0.197. The lowest BCUT2D eigenvalue weighted by molar-refractivity contribution is 0.103. The zero-order chi connectivity index (χ0) is 9.97. The van der Waals surface area contributed by atoms with Gasteiger partial charge in [0.05, 0.1) is 22.4 Å². The zero-order valence-corrected chi connectivity index (χ0v) is 9.22. The fourth-order valence-electron chi connectivity index (χ4n) is 0.862. The number of halogens is 1. The molecular formula is C7H5BrN4OS. The van der Waals surface area contributed by atoms with Gasteiger partial charge in [0, 0.05) is 0 Å². The fraction of sp³-hybridized carbons (Fsp3) is 0. The third-order valence-electron chi connectivity index (χ3n) is 1.49. The number of aromatic amines is 1. The number of thiazole rings is 1. The van der Waals surface area contributed by atoms with Gasteiger partial charge >= 0.3 is 0 Å². The minimum Gasteiger partial charge on any atom is -0.305 e. The SMILES string of the molecule is O=C(Nc1[nH]ncc1Br)c1cncs1. The maximum absolute atomic E-state index is 11.5. The van der Waals surface area contributed by atoms with Crippen molar-refractivity contribution in [1.82, 2.24) is 15.2 Å². The van der Waals surface area contributed by atoms with Crippen molar-refractivity contribution in [2.75, 3.05) is 5.32 Å². The van der Waals surface area contributed by atoms with Crippen LogP contribution in [-0.4, -0.2) is 21.1 Å². The first-order valence-corrected chi connectivity index (χ1v) is 5.33. The molecule has 2 aromatic rings. The quantitative estimate of drug-likeness (QED) is 0.877. The highest BCUT2D eigenvalue weighted by Gasteiger charge is 2.10. The van der Waals surface area contributed by atoms with Crippen LogP contribution in [0.5, 0.6) is 0 Å². The molecule has 0 aromatic carbocycles. The third-order valence-corrected chi connectivity index (χ3v) is 2.86. The number of aromatic nitrogens is 3. The lowest BCUT2D eigenvalue weighted by Crippen LogP contribution is -2.10. The fourth-order valence-corrected chi connectivity index (χ4v) is 1.67. The molecule has 0 saturated heterocycles. The highest BCUT2D eigenvalue weighted by Crippen LogP contribution is 2.19. The van der Waals surface area contributed by atoms with Crippen LogP contribution in [0.1, 0.15) is 9.67 Å². The average Bonchev–Trinajstić information content (AvgIpc) is 2.77. The van der Waals surface area contributed by atoms with Crippen molar-refractivity contribution < 1.29 is 4.79 Å². The number of carbonyl (C=O) groups excluding carboxylic acids is 1. The Balaban J connectivity index is 2.13. The van der Waals surface area contributed by atoms with Gasteiger partial charge in [0.1, 0.15) is 10.7 Å². The molecule has 0 aliphatic rings. The Morgan fingerprint density at radius 3 is 3.00 bits per heavy atom. The number of hydrogen-bond donors (Lipinski definition) is 2. The van der Waals surface area contributed by atoms with Crippen molar-refractivity contribution >= 4 is 39.0 Å². The van der Waals surface area contributed by atoms with Gasteiger partial charge in [-0.05, 0) is 15.9 Å². The van der Waals surface area contributed by atoms with Crippen LogP contribution in [0.15, 0.2) is 22.4 Å². The Kier molecular flexibility index (Phi) is 2.60. The van der Waals surface area contributed by atoms with Gasteiger partial charge in [-0.2, -0.15) is 5.10 Å². The number of nitrogens with zero attached hydrogens (tertiary/aromatic N) is 2. The van der Waals surface area contributed by atoms with E-state index in [-0.39, 0.29) is 5.91 Å². The summed E-state index contributed by atoms with van der Waals surface area (Å²) >= 11 is 4.52. The topological polar surface area (TPSA) is 70.7 Å². The lowest BCUT2D eigenvalue weighted by atomic mass is 10.5. The summed E-state index contributed by atoms with van der Waals surface area (Å²) in [6.07, 6.45) is 3.09. The van der Waals surface area contributed by atoms with E-state index in [9.17, 15) is 4.79 Å². The Labute approximate surface area is 91.7 Å². The van der Waals surface area contributed by atoms with Gasteiger partial charge in [-0.1, -0.05) is 0 Å². The summed E-state index contributed by atoms with van der Waals surface area (Å²) in [5.74, 6) is 0.348. The van der Waals surface area contributed by atoms with Crippen molar-refractivity contribution in [3.8, 4) is 0 Å². The van der Waals surface area contributed by atoms with E-state index < -0.39 is 0 Å². The first-order valence-electron chi connectivity index (χ1n) is 3.66. The van der Waals surface area contributed by atoms with E-state index in [4.69, 9.17) is 0 Å². The number of anilines is 1. The van der Waals surface area contributed by atoms with Gasteiger partial charge in [0.2, 0.25) is 0 Å². The number of nitrogens with one attached hydrogen (secondary N) is 2. The van der Waals surface area contributed by atoms with Crippen molar-refractivity contribution in [2.24, 2.45) is 0 Å². The summed E-state index contributed by atoms with van der Waals surface area (Å²) in [6, 6.07) is 0. The molecule has 0 aliphatic carbocycles. The maximum atomic E-state index is 11.5. The molecule has 2 N–H and O–H groups in total. The minimum atomic E-state index is -0.197. The van der Waals surface area contributed by atoms with E-state index in [0.29, 0.717) is 10.7 Å². The summed E-state index contributed by atoms with van der Waals surface area (Å²) in [5.41, 5.74) is 1.61. The first kappa shape index (κ1) is 9.35. The molecule has 5 nitrogen and oxygen atoms in total. The Bertz CT molecular complexity index is 438. The monoisotopic (exact) mass is 272 g/mol. The van der Waals surface area contributed by atoms with E-state index in [1.165, 1.54) is 17.5 Å². The third kappa shape index (κ3) is 1.83. The van der Waals surface area contributed by atoms with Gasteiger partial charge < -0.3 is 5.32 Å². The largest absolute Gasteiger partial charge is 0.305 e. The first-order chi connectivity index (χ1) is 6.77. The summed E-state index contributed by atoms with van der Waals surface area (Å²) in [5, 5.41) is 9.07. The van der Waals surface area contributed by atoms with Crippen LogP contribution in [-0.2, 0) is 0 Å². The predicted octanol–water partition coefficient (Wildman–Crippen LogP) is 1.88. The highest BCUT2D eigenvalue weighted by molar-refractivity contribution is 9.10. The van der Waals surface area contributed by atoms with Gasteiger partial charge in [0.15, 0.2) is 0 Å². The molecule has 1 amide bonds. The van der Waals surface area contributed by atoms with Gasteiger partial charge in [-0.3, -0.25) is 14.9 Å². The van der Waals surface area contributed by atoms with E-state index in [2.05, 4.69) is 36.4 Å². The number of rotatable bonds is 2. The molecule has 0 aliphatic heterocycles. The second-order valence-corrected chi connectivity index (χ2v) is 4.15. The van der Waals surface area contributed by atoms with Crippen LogP contribution < -0.4 is 5.32 Å². The number of carbonyl (C=O) groups is 1. The summed E-state index contributed by atoms with van der Waals surface area (Å²) in [7, 11) is 0. The van der Waals surface area contributed by atoms with Crippen LogP contribution in [0.2, 0.25) is 0 Å². The molecule has 2 rings (SSSR count). The van der Waals surface area contributed by atoms with Crippen molar-refractivity contribution in [3.05, 3.63) is 27.3 Å². The standard InChI is InChI=1S/C7H5BrN4OS/c8-4-1-10-12-6(4)11-7(13)5-2-9-3-14-5/h1-3H,(H2,10,11,12,13). The van der Waals surface area contributed by atoms with Crippen molar-refractivity contribution in [3.63, 3.8) is 0 Å². The molecule has 0 unspecified atom stereocenters. The summed E-state index contributed by atoms with van der Waals surface area (Å²) in [6.45, 7) is 0. The molecule has 0 bridgehead atoms.